The van der Waals surface area contributed by atoms with Crippen LogP contribution in [-0.4, -0.2) is 25.3 Å². The summed E-state index contributed by atoms with van der Waals surface area (Å²) in [6.45, 7) is 19.6. The first-order chi connectivity index (χ1) is 11.5. The van der Waals surface area contributed by atoms with Crippen molar-refractivity contribution in [2.45, 2.75) is 58.9 Å². The largest absolute Gasteiger partial charge is 0.244 e. The highest BCUT2D eigenvalue weighted by Gasteiger charge is 2.32. The molecule has 1 atom stereocenters. The molecule has 0 aliphatic rings. The molecule has 0 radical (unpaired) electrons. The van der Waals surface area contributed by atoms with Crippen molar-refractivity contribution in [2.75, 3.05) is 6.54 Å². The van der Waals surface area contributed by atoms with Crippen molar-refractivity contribution in [1.29, 1.82) is 0 Å². The molecule has 0 spiro atoms. The molecule has 0 aliphatic heterocycles. The van der Waals surface area contributed by atoms with Crippen molar-refractivity contribution in [3.05, 3.63) is 59.4 Å². The zero-order valence-corrected chi connectivity index (χ0v) is 17.2. The maximum absolute atomic E-state index is 13.5. The van der Waals surface area contributed by atoms with E-state index in [1.165, 1.54) is 4.31 Å². The molecule has 0 saturated carbocycles. The summed E-state index contributed by atoms with van der Waals surface area (Å²) >= 11 is 0. The molecule has 0 bridgehead atoms. The van der Waals surface area contributed by atoms with Gasteiger partial charge in [0.05, 0.1) is 10.9 Å². The zero-order valence-electron chi connectivity index (χ0n) is 16.4. The lowest BCUT2D eigenvalue weighted by molar-refractivity contribution is 0.339. The Balaban J connectivity index is 3.57. The van der Waals surface area contributed by atoms with Gasteiger partial charge in [-0.25, -0.2) is 8.42 Å². The highest BCUT2D eigenvalue weighted by atomic mass is 32.2. The molecule has 25 heavy (non-hydrogen) atoms. The van der Waals surface area contributed by atoms with E-state index in [1.807, 2.05) is 39.8 Å². The minimum Gasteiger partial charge on any atom is -0.207 e. The molecule has 4 heteroatoms. The highest BCUT2D eigenvalue weighted by Crippen LogP contribution is 2.29. The first kappa shape index (κ1) is 21.4. The number of benzene rings is 1. The lowest BCUT2D eigenvalue weighted by Crippen LogP contribution is -2.41. The van der Waals surface area contributed by atoms with Crippen LogP contribution in [0.2, 0.25) is 0 Å². The molecule has 1 aromatic carbocycles. The lowest BCUT2D eigenvalue weighted by atomic mass is 10.0. The number of hydrogen-bond donors (Lipinski definition) is 0. The number of aryl methyl sites for hydroxylation is 3. The molecular formula is C21H31NO2S. The average molecular weight is 362 g/mol. The Morgan fingerprint density at radius 2 is 1.76 bits per heavy atom. The van der Waals surface area contributed by atoms with Crippen molar-refractivity contribution >= 4 is 10.0 Å². The second-order valence-electron chi connectivity index (χ2n) is 7.30. The molecule has 3 nitrogen and oxygen atoms in total. The first-order valence-corrected chi connectivity index (χ1v) is 10.0. The monoisotopic (exact) mass is 361 g/mol. The summed E-state index contributed by atoms with van der Waals surface area (Å²) in [4.78, 5) is 0.394. The second-order valence-corrected chi connectivity index (χ2v) is 9.13. The van der Waals surface area contributed by atoms with Gasteiger partial charge in [0.25, 0.3) is 0 Å². The fourth-order valence-corrected chi connectivity index (χ4v) is 5.29. The van der Waals surface area contributed by atoms with Crippen LogP contribution in [0.3, 0.4) is 0 Å². The van der Waals surface area contributed by atoms with Crippen molar-refractivity contribution in [2.24, 2.45) is 5.92 Å². The third-order valence-corrected chi connectivity index (χ3v) is 6.17. The normalized spacial score (nSPS) is 13.0. The molecule has 0 saturated heterocycles. The number of sulfonamides is 1. The Bertz CT molecular complexity index is 761. The predicted octanol–water partition coefficient (Wildman–Crippen LogP) is 4.93. The van der Waals surface area contributed by atoms with Crippen molar-refractivity contribution in [3.63, 3.8) is 0 Å². The van der Waals surface area contributed by atoms with Crippen LogP contribution in [0.15, 0.2) is 47.6 Å². The second kappa shape index (κ2) is 8.66. The average Bonchev–Trinajstić information content (AvgIpc) is 2.42. The molecule has 0 aliphatic carbocycles. The van der Waals surface area contributed by atoms with Gasteiger partial charge in [-0.1, -0.05) is 50.3 Å². The molecule has 1 rings (SSSR count). The standard InChI is InChI=1S/C21H31NO2S/c1-9-10-20(11-15(2)3)22(14-16(4)5)25(23,24)21-18(7)12-17(6)13-19(21)8/h10,12-13,15,20H,1,4,11,14H2,2-3,5-8H3. The van der Waals surface area contributed by atoms with E-state index >= 15 is 0 Å². The van der Waals surface area contributed by atoms with E-state index in [0.717, 1.165) is 22.3 Å². The SMILES string of the molecule is C=C=CC(CC(C)C)N(CC(=C)C)S(=O)(=O)c1c(C)cc(C)cc1C. The predicted molar refractivity (Wildman–Crippen MR) is 106 cm³/mol. The van der Waals surface area contributed by atoms with E-state index in [9.17, 15) is 8.42 Å². The summed E-state index contributed by atoms with van der Waals surface area (Å²) in [7, 11) is -3.67. The number of hydrogen-bond acceptors (Lipinski definition) is 2. The van der Waals surface area contributed by atoms with Gasteiger partial charge < -0.3 is 0 Å². The minimum atomic E-state index is -3.67. The van der Waals surface area contributed by atoms with E-state index in [4.69, 9.17) is 0 Å². The van der Waals surface area contributed by atoms with Gasteiger partial charge in [0, 0.05) is 6.54 Å². The Kier molecular flexibility index (Phi) is 7.43. The van der Waals surface area contributed by atoms with E-state index in [1.54, 1.807) is 6.08 Å². The molecule has 0 N–H and O–H groups in total. The van der Waals surface area contributed by atoms with Crippen LogP contribution in [0.1, 0.15) is 43.9 Å². The van der Waals surface area contributed by atoms with Crippen LogP contribution in [0.4, 0.5) is 0 Å². The van der Waals surface area contributed by atoms with Crippen molar-refractivity contribution in [3.8, 4) is 0 Å². The van der Waals surface area contributed by atoms with Crippen LogP contribution < -0.4 is 0 Å². The maximum Gasteiger partial charge on any atom is 0.244 e. The van der Waals surface area contributed by atoms with Crippen LogP contribution in [0.5, 0.6) is 0 Å². The summed E-state index contributed by atoms with van der Waals surface area (Å²) in [5.74, 6) is 0.345. The van der Waals surface area contributed by atoms with Gasteiger partial charge in [-0.3, -0.25) is 0 Å². The smallest absolute Gasteiger partial charge is 0.207 e. The Hall–Kier alpha value is -1.61. The van der Waals surface area contributed by atoms with E-state index in [-0.39, 0.29) is 12.6 Å². The van der Waals surface area contributed by atoms with Gasteiger partial charge in [-0.05, 0) is 57.2 Å². The summed E-state index contributed by atoms with van der Waals surface area (Å²) in [5, 5.41) is 0. The summed E-state index contributed by atoms with van der Waals surface area (Å²) in [6, 6.07) is 3.54. The number of rotatable bonds is 8. The van der Waals surface area contributed by atoms with Crippen LogP contribution in [0, 0.1) is 26.7 Å². The summed E-state index contributed by atoms with van der Waals surface area (Å²) < 4.78 is 28.6. The molecular weight excluding hydrogens is 330 g/mol. The van der Waals surface area contributed by atoms with Crippen LogP contribution in [-0.2, 0) is 10.0 Å². The van der Waals surface area contributed by atoms with Crippen molar-refractivity contribution in [1.82, 2.24) is 4.31 Å². The quantitative estimate of drug-likeness (QED) is 0.486. The molecule has 0 amide bonds. The number of nitrogens with zero attached hydrogens (tertiary/aromatic N) is 1. The fraction of sp³-hybridized carbons (Fsp3) is 0.476. The molecule has 1 aromatic rings. The molecule has 0 fully saturated rings. The Morgan fingerprint density at radius 3 is 2.16 bits per heavy atom. The lowest BCUT2D eigenvalue weighted by Gasteiger charge is -2.31. The zero-order chi connectivity index (χ0) is 19.4. The van der Waals surface area contributed by atoms with Gasteiger partial charge in [0.1, 0.15) is 0 Å². The van der Waals surface area contributed by atoms with Gasteiger partial charge in [0.15, 0.2) is 0 Å². The summed E-state index contributed by atoms with van der Waals surface area (Å²) in [5.41, 5.74) is 6.19. The van der Waals surface area contributed by atoms with E-state index < -0.39 is 10.0 Å². The van der Waals surface area contributed by atoms with Gasteiger partial charge >= 0.3 is 0 Å². The van der Waals surface area contributed by atoms with Gasteiger partial charge in [0.2, 0.25) is 10.0 Å². The molecule has 0 aromatic heterocycles. The van der Waals surface area contributed by atoms with Gasteiger partial charge in [-0.15, -0.1) is 5.73 Å². The van der Waals surface area contributed by atoms with Crippen LogP contribution in [0.25, 0.3) is 0 Å². The maximum atomic E-state index is 13.5. The third kappa shape index (κ3) is 5.43. The van der Waals surface area contributed by atoms with E-state index in [0.29, 0.717) is 17.2 Å². The Labute approximate surface area is 153 Å². The molecule has 0 heterocycles. The summed E-state index contributed by atoms with van der Waals surface area (Å²) in [6.07, 6.45) is 2.46. The van der Waals surface area contributed by atoms with Crippen LogP contribution >= 0.6 is 0 Å². The van der Waals surface area contributed by atoms with Gasteiger partial charge in [-0.2, -0.15) is 4.31 Å². The fourth-order valence-electron chi connectivity index (χ4n) is 3.23. The molecule has 1 unspecified atom stereocenters. The minimum absolute atomic E-state index is 0.282. The topological polar surface area (TPSA) is 37.4 Å². The van der Waals surface area contributed by atoms with Crippen molar-refractivity contribution < 1.29 is 8.42 Å². The Morgan fingerprint density at radius 1 is 1.24 bits per heavy atom. The first-order valence-electron chi connectivity index (χ1n) is 8.60. The highest BCUT2D eigenvalue weighted by molar-refractivity contribution is 7.89. The van der Waals surface area contributed by atoms with E-state index in [2.05, 4.69) is 32.7 Å². The third-order valence-electron chi connectivity index (χ3n) is 3.99. The molecule has 138 valence electrons.